The van der Waals surface area contributed by atoms with E-state index in [1.54, 1.807) is 0 Å². The van der Waals surface area contributed by atoms with Crippen LogP contribution in [0, 0.1) is 0 Å². The maximum Gasteiger partial charge on any atom is 0.0407 e. The average Bonchev–Trinajstić information content (AvgIpc) is 3.13. The maximum absolute atomic E-state index is 5.99. The van der Waals surface area contributed by atoms with Gasteiger partial charge in [-0.25, -0.2) is 0 Å². The summed E-state index contributed by atoms with van der Waals surface area (Å²) < 4.78 is 0. The van der Waals surface area contributed by atoms with E-state index in [2.05, 4.69) is 46.3 Å². The van der Waals surface area contributed by atoms with Crippen LogP contribution in [0.5, 0.6) is 0 Å². The third-order valence-corrected chi connectivity index (χ3v) is 5.66. The van der Waals surface area contributed by atoms with E-state index in [9.17, 15) is 0 Å². The fourth-order valence-electron chi connectivity index (χ4n) is 3.73. The molecule has 0 spiro atoms. The number of hydrogen-bond donors (Lipinski definition) is 1. The van der Waals surface area contributed by atoms with Gasteiger partial charge in [0.2, 0.25) is 0 Å². The van der Waals surface area contributed by atoms with Gasteiger partial charge in [-0.05, 0) is 54.2 Å². The summed E-state index contributed by atoms with van der Waals surface area (Å²) in [5.74, 6) is 0. The molecule has 2 heterocycles. The number of nitrogens with zero attached hydrogens (tertiary/aromatic N) is 2. The Morgan fingerprint density at radius 2 is 1.61 bits per heavy atom. The second kappa shape index (κ2) is 8.87. The molecule has 1 aliphatic rings. The first-order valence-corrected chi connectivity index (χ1v) is 10.3. The highest BCUT2D eigenvalue weighted by Gasteiger charge is 2.18. The molecule has 4 heteroatoms. The van der Waals surface area contributed by atoms with Gasteiger partial charge in [0.15, 0.2) is 0 Å². The van der Waals surface area contributed by atoms with Crippen LogP contribution in [-0.2, 0) is 19.4 Å². The minimum atomic E-state index is 0.345. The van der Waals surface area contributed by atoms with Crippen LogP contribution in [0.25, 0.3) is 11.1 Å². The van der Waals surface area contributed by atoms with Crippen LogP contribution in [0.15, 0.2) is 66.9 Å². The van der Waals surface area contributed by atoms with Gasteiger partial charge in [0.25, 0.3) is 0 Å². The zero-order chi connectivity index (χ0) is 19.3. The fourth-order valence-corrected chi connectivity index (χ4v) is 3.86. The molecule has 0 amide bonds. The second-order valence-corrected chi connectivity index (χ2v) is 8.08. The van der Waals surface area contributed by atoms with Crippen LogP contribution in [-0.4, -0.2) is 29.0 Å². The number of pyridine rings is 1. The zero-order valence-electron chi connectivity index (χ0n) is 16.0. The minimum absolute atomic E-state index is 0.345. The summed E-state index contributed by atoms with van der Waals surface area (Å²) in [5.41, 5.74) is 12.1. The molecule has 28 heavy (non-hydrogen) atoms. The van der Waals surface area contributed by atoms with Crippen LogP contribution >= 0.6 is 11.6 Å². The van der Waals surface area contributed by atoms with Crippen molar-refractivity contribution < 1.29 is 0 Å². The highest BCUT2D eigenvalue weighted by atomic mass is 35.5. The van der Waals surface area contributed by atoms with Gasteiger partial charge >= 0.3 is 0 Å². The number of nitrogens with two attached hydrogens (primary N) is 1. The molecule has 4 rings (SSSR count). The highest BCUT2D eigenvalue weighted by molar-refractivity contribution is 6.30. The van der Waals surface area contributed by atoms with Crippen molar-refractivity contribution in [2.45, 2.75) is 31.8 Å². The summed E-state index contributed by atoms with van der Waals surface area (Å²) in [5, 5.41) is 0.753. The lowest BCUT2D eigenvalue weighted by Crippen LogP contribution is -2.26. The Morgan fingerprint density at radius 3 is 2.25 bits per heavy atom. The summed E-state index contributed by atoms with van der Waals surface area (Å²) in [4.78, 5) is 7.07. The molecule has 1 aliphatic heterocycles. The average molecular weight is 392 g/mol. The number of benzene rings is 2. The molecule has 1 aromatic heterocycles. The van der Waals surface area contributed by atoms with Gasteiger partial charge in [-0.15, -0.1) is 0 Å². The van der Waals surface area contributed by atoms with Crippen molar-refractivity contribution in [1.82, 2.24) is 9.88 Å². The van der Waals surface area contributed by atoms with Gasteiger partial charge in [-0.1, -0.05) is 54.1 Å². The Morgan fingerprint density at radius 1 is 0.893 bits per heavy atom. The molecule has 2 aromatic carbocycles. The van der Waals surface area contributed by atoms with Crippen molar-refractivity contribution in [1.29, 1.82) is 0 Å². The lowest BCUT2D eigenvalue weighted by molar-refractivity contribution is 0.327. The van der Waals surface area contributed by atoms with E-state index >= 15 is 0 Å². The number of hydrogen-bond acceptors (Lipinski definition) is 3. The molecule has 0 radical (unpaired) electrons. The number of rotatable bonds is 6. The number of likely N-dealkylation sites (tertiary alicyclic amines) is 1. The highest BCUT2D eigenvalue weighted by Crippen LogP contribution is 2.21. The Hall–Kier alpha value is -2.20. The van der Waals surface area contributed by atoms with Gasteiger partial charge in [-0.3, -0.25) is 9.88 Å². The minimum Gasteiger partial charge on any atom is -0.326 e. The molecule has 0 aliphatic carbocycles. The third kappa shape index (κ3) is 4.99. The molecule has 144 valence electrons. The van der Waals surface area contributed by atoms with Crippen molar-refractivity contribution in [2.24, 2.45) is 5.73 Å². The van der Waals surface area contributed by atoms with E-state index in [0.29, 0.717) is 6.04 Å². The third-order valence-electron chi connectivity index (χ3n) is 5.41. The molecule has 2 N–H and O–H groups in total. The monoisotopic (exact) mass is 391 g/mol. The molecular formula is C24H26ClN3. The molecule has 3 nitrogen and oxygen atoms in total. The van der Waals surface area contributed by atoms with Gasteiger partial charge in [0.05, 0.1) is 0 Å². The van der Waals surface area contributed by atoms with Crippen LogP contribution in [0.3, 0.4) is 0 Å². The lowest BCUT2D eigenvalue weighted by atomic mass is 10.0. The van der Waals surface area contributed by atoms with Gasteiger partial charge in [0.1, 0.15) is 0 Å². The molecule has 1 unspecified atom stereocenters. The molecule has 3 aromatic rings. The SMILES string of the molecule is NC1CCN(Cc2ccc(CCc3ccc(-c4ccc(Cl)cc4)cn3)cc2)C1. The van der Waals surface area contributed by atoms with E-state index < -0.39 is 0 Å². The summed E-state index contributed by atoms with van der Waals surface area (Å²) >= 11 is 5.96. The van der Waals surface area contributed by atoms with E-state index in [4.69, 9.17) is 17.3 Å². The maximum atomic E-state index is 5.99. The lowest BCUT2D eigenvalue weighted by Gasteiger charge is -2.15. The Balaban J connectivity index is 1.31. The Labute approximate surface area is 172 Å². The van der Waals surface area contributed by atoms with E-state index in [1.165, 1.54) is 11.1 Å². The van der Waals surface area contributed by atoms with Crippen LogP contribution < -0.4 is 5.73 Å². The van der Waals surface area contributed by atoms with Crippen molar-refractivity contribution in [2.75, 3.05) is 13.1 Å². The van der Waals surface area contributed by atoms with Crippen LogP contribution in [0.2, 0.25) is 5.02 Å². The predicted octanol–water partition coefficient (Wildman–Crippen LogP) is 4.72. The van der Waals surface area contributed by atoms with Crippen molar-refractivity contribution in [3.63, 3.8) is 0 Å². The standard InChI is InChI=1S/C24H26ClN3/c25-22-9-6-20(7-10-22)21-8-12-24(27-15-21)11-5-18-1-3-19(4-2-18)16-28-14-13-23(26)17-28/h1-4,6-10,12,15,23H,5,11,13-14,16-17,26H2. The molecular weight excluding hydrogens is 366 g/mol. The topological polar surface area (TPSA) is 42.1 Å². The molecule has 1 atom stereocenters. The van der Waals surface area contributed by atoms with Crippen molar-refractivity contribution in [3.8, 4) is 11.1 Å². The zero-order valence-corrected chi connectivity index (χ0v) is 16.8. The van der Waals surface area contributed by atoms with Crippen molar-refractivity contribution >= 4 is 11.6 Å². The van der Waals surface area contributed by atoms with Gasteiger partial charge in [0, 0.05) is 48.2 Å². The van der Waals surface area contributed by atoms with Crippen LogP contribution in [0.1, 0.15) is 23.2 Å². The smallest absolute Gasteiger partial charge is 0.0407 e. The predicted molar refractivity (Wildman–Crippen MR) is 116 cm³/mol. The number of aromatic nitrogens is 1. The number of aryl methyl sites for hydroxylation is 2. The largest absolute Gasteiger partial charge is 0.326 e. The molecule has 0 saturated carbocycles. The van der Waals surface area contributed by atoms with E-state index in [-0.39, 0.29) is 0 Å². The van der Waals surface area contributed by atoms with Crippen molar-refractivity contribution in [3.05, 3.63) is 88.7 Å². The molecule has 0 bridgehead atoms. The van der Waals surface area contributed by atoms with E-state index in [0.717, 1.165) is 60.7 Å². The summed E-state index contributed by atoms with van der Waals surface area (Å²) in [6.07, 6.45) is 5.01. The molecule has 1 saturated heterocycles. The summed E-state index contributed by atoms with van der Waals surface area (Å²) in [6, 6.07) is 21.4. The first kappa shape index (κ1) is 19.1. The number of halogens is 1. The summed E-state index contributed by atoms with van der Waals surface area (Å²) in [6.45, 7) is 3.13. The van der Waals surface area contributed by atoms with E-state index in [1.807, 2.05) is 30.5 Å². The summed E-state index contributed by atoms with van der Waals surface area (Å²) in [7, 11) is 0. The first-order valence-electron chi connectivity index (χ1n) is 9.92. The van der Waals surface area contributed by atoms with Gasteiger partial charge in [-0.2, -0.15) is 0 Å². The second-order valence-electron chi connectivity index (χ2n) is 7.65. The normalized spacial score (nSPS) is 17.1. The van der Waals surface area contributed by atoms with Gasteiger partial charge < -0.3 is 5.73 Å². The first-order chi connectivity index (χ1) is 13.7. The fraction of sp³-hybridized carbons (Fsp3) is 0.292. The Kier molecular flexibility index (Phi) is 6.06. The quantitative estimate of drug-likeness (QED) is 0.661. The molecule has 1 fully saturated rings. The van der Waals surface area contributed by atoms with Crippen LogP contribution in [0.4, 0.5) is 0 Å². The Bertz CT molecular complexity index is 889.